The molecule has 5 nitrogen and oxygen atoms in total. The molecular weight excluding hydrogens is 362 g/mol. The van der Waals surface area contributed by atoms with Crippen LogP contribution in [0.1, 0.15) is 17.9 Å². The fourth-order valence-electron chi connectivity index (χ4n) is 4.76. The van der Waals surface area contributed by atoms with E-state index in [0.717, 1.165) is 42.1 Å². The largest absolute Gasteiger partial charge is 0.497 e. The lowest BCUT2D eigenvalue weighted by Gasteiger charge is -2.31. The van der Waals surface area contributed by atoms with Gasteiger partial charge in [0.1, 0.15) is 5.75 Å². The van der Waals surface area contributed by atoms with Crippen molar-refractivity contribution in [2.24, 2.45) is 0 Å². The zero-order valence-corrected chi connectivity index (χ0v) is 16.8. The van der Waals surface area contributed by atoms with Gasteiger partial charge < -0.3 is 15.0 Å². The van der Waals surface area contributed by atoms with E-state index in [-0.39, 0.29) is 5.56 Å². The predicted octanol–water partition coefficient (Wildman–Crippen LogP) is 3.41. The smallest absolute Gasteiger partial charge is 0.255 e. The molecule has 29 heavy (non-hydrogen) atoms. The van der Waals surface area contributed by atoms with Crippen LogP contribution >= 0.6 is 0 Å². The van der Waals surface area contributed by atoms with Gasteiger partial charge in [0.15, 0.2) is 0 Å². The van der Waals surface area contributed by atoms with Crippen molar-refractivity contribution in [1.82, 2.24) is 9.88 Å². The zero-order valence-electron chi connectivity index (χ0n) is 16.8. The average molecular weight is 387 g/mol. The van der Waals surface area contributed by atoms with Gasteiger partial charge in [-0.15, -0.1) is 0 Å². The third kappa shape index (κ3) is 3.02. The molecule has 2 aromatic carbocycles. The van der Waals surface area contributed by atoms with Crippen LogP contribution in [0, 0.1) is 0 Å². The van der Waals surface area contributed by atoms with Crippen molar-refractivity contribution < 1.29 is 4.74 Å². The van der Waals surface area contributed by atoms with Gasteiger partial charge in [0.05, 0.1) is 12.8 Å². The van der Waals surface area contributed by atoms with Gasteiger partial charge in [-0.25, -0.2) is 0 Å². The molecule has 2 atom stereocenters. The van der Waals surface area contributed by atoms with Gasteiger partial charge in [-0.1, -0.05) is 18.2 Å². The molecule has 0 aliphatic carbocycles. The second kappa shape index (κ2) is 7.08. The van der Waals surface area contributed by atoms with Crippen LogP contribution < -0.4 is 20.5 Å². The summed E-state index contributed by atoms with van der Waals surface area (Å²) in [7, 11) is 3.82. The summed E-state index contributed by atoms with van der Waals surface area (Å²) in [6.07, 6.45) is 3.02. The van der Waals surface area contributed by atoms with Crippen molar-refractivity contribution in [3.63, 3.8) is 0 Å². The number of anilines is 1. The van der Waals surface area contributed by atoms with E-state index in [1.54, 1.807) is 17.7 Å². The Morgan fingerprint density at radius 2 is 1.86 bits per heavy atom. The van der Waals surface area contributed by atoms with Crippen molar-refractivity contribution in [3.05, 3.63) is 76.7 Å². The third-order valence-corrected chi connectivity index (χ3v) is 6.36. The van der Waals surface area contributed by atoms with Crippen molar-refractivity contribution in [3.8, 4) is 22.6 Å². The topological polar surface area (TPSA) is 46.5 Å². The molecule has 1 saturated heterocycles. The van der Waals surface area contributed by atoms with Crippen LogP contribution in [0.25, 0.3) is 16.8 Å². The summed E-state index contributed by atoms with van der Waals surface area (Å²) in [5.41, 5.74) is 5.42. The molecule has 0 spiro atoms. The number of likely N-dealkylation sites (N-methyl/N-ethyl adjacent to an activating group) is 1. The summed E-state index contributed by atoms with van der Waals surface area (Å²) >= 11 is 0. The number of aromatic nitrogens is 1. The fraction of sp³-hybridized carbons (Fsp3) is 0.292. The van der Waals surface area contributed by atoms with Crippen LogP contribution in [0.15, 0.2) is 65.6 Å². The highest BCUT2D eigenvalue weighted by Crippen LogP contribution is 2.43. The van der Waals surface area contributed by atoms with E-state index in [1.165, 1.54) is 11.3 Å². The Labute approximate surface area is 170 Å². The maximum absolute atomic E-state index is 12.9. The molecule has 0 bridgehead atoms. The van der Waals surface area contributed by atoms with Gasteiger partial charge >= 0.3 is 0 Å². The lowest BCUT2D eigenvalue weighted by Crippen LogP contribution is -2.42. The number of nitrogens with zero attached hydrogens (tertiary/aromatic N) is 2. The van der Waals surface area contributed by atoms with Gasteiger partial charge in [-0.2, -0.15) is 0 Å². The summed E-state index contributed by atoms with van der Waals surface area (Å²) < 4.78 is 6.94. The average Bonchev–Trinajstić information content (AvgIpc) is 3.06. The number of pyridine rings is 1. The zero-order chi connectivity index (χ0) is 20.0. The molecule has 1 fully saturated rings. The minimum Gasteiger partial charge on any atom is -0.497 e. The van der Waals surface area contributed by atoms with E-state index in [4.69, 9.17) is 4.74 Å². The third-order valence-electron chi connectivity index (χ3n) is 6.36. The number of nitrogens with one attached hydrogen (secondary N) is 1. The normalized spacial score (nSPS) is 20.3. The van der Waals surface area contributed by atoms with Gasteiger partial charge in [0.25, 0.3) is 5.56 Å². The molecule has 0 saturated carbocycles. The molecule has 0 radical (unpaired) electrons. The standard InChI is InChI=1S/C24H25N3O2/c1-26-22-9-11-25-15-21(22)20-8-5-18(14-23(20)26)27-12-10-17(13-24(27)28)16-3-6-19(29-2)7-4-16/h3-8,10,12-14,21-22,25H,9,11,15H2,1-2H3. The van der Waals surface area contributed by atoms with E-state index in [0.29, 0.717) is 12.0 Å². The molecule has 5 heteroatoms. The number of hydrogen-bond acceptors (Lipinski definition) is 4. The monoisotopic (exact) mass is 387 g/mol. The van der Waals surface area contributed by atoms with Crippen molar-refractivity contribution in [2.75, 3.05) is 32.1 Å². The first-order valence-corrected chi connectivity index (χ1v) is 10.1. The number of methoxy groups -OCH3 is 1. The van der Waals surface area contributed by atoms with Crippen LogP contribution in [-0.2, 0) is 0 Å². The van der Waals surface area contributed by atoms with Crippen LogP contribution in [0.3, 0.4) is 0 Å². The molecule has 2 aliphatic rings. The van der Waals surface area contributed by atoms with E-state index in [9.17, 15) is 4.79 Å². The molecule has 2 aliphatic heterocycles. The molecule has 5 rings (SSSR count). The van der Waals surface area contributed by atoms with E-state index in [1.807, 2.05) is 36.5 Å². The van der Waals surface area contributed by atoms with Gasteiger partial charge in [0, 0.05) is 43.5 Å². The molecular formula is C24H25N3O2. The summed E-state index contributed by atoms with van der Waals surface area (Å²) in [6.45, 7) is 2.09. The lowest BCUT2D eigenvalue weighted by molar-refractivity contribution is 0.413. The maximum Gasteiger partial charge on any atom is 0.255 e. The fourth-order valence-corrected chi connectivity index (χ4v) is 4.76. The molecule has 1 aromatic heterocycles. The van der Waals surface area contributed by atoms with Crippen LogP contribution in [-0.4, -0.2) is 37.9 Å². The second-order valence-electron chi connectivity index (χ2n) is 7.87. The van der Waals surface area contributed by atoms with Crippen molar-refractivity contribution in [1.29, 1.82) is 0 Å². The summed E-state index contributed by atoms with van der Waals surface area (Å²) in [5, 5.41) is 3.51. The molecule has 3 heterocycles. The molecule has 3 aromatic rings. The van der Waals surface area contributed by atoms with Crippen LogP contribution in [0.4, 0.5) is 5.69 Å². The first kappa shape index (κ1) is 18.0. The summed E-state index contributed by atoms with van der Waals surface area (Å²) in [6, 6.07) is 18.4. The minimum atomic E-state index is -0.0296. The SMILES string of the molecule is COc1ccc(-c2ccn(-c3ccc4c(c3)N(C)C3CCNCC43)c(=O)c2)cc1. The van der Waals surface area contributed by atoms with Crippen LogP contribution in [0.5, 0.6) is 5.75 Å². The lowest BCUT2D eigenvalue weighted by atomic mass is 9.90. The summed E-state index contributed by atoms with van der Waals surface area (Å²) in [4.78, 5) is 15.3. The van der Waals surface area contributed by atoms with E-state index < -0.39 is 0 Å². The van der Waals surface area contributed by atoms with Gasteiger partial charge in [0.2, 0.25) is 0 Å². The van der Waals surface area contributed by atoms with Crippen molar-refractivity contribution >= 4 is 5.69 Å². The maximum atomic E-state index is 12.9. The molecule has 1 N–H and O–H groups in total. The number of rotatable bonds is 3. The quantitative estimate of drug-likeness (QED) is 0.748. The Morgan fingerprint density at radius 1 is 1.03 bits per heavy atom. The molecule has 2 unspecified atom stereocenters. The van der Waals surface area contributed by atoms with Gasteiger partial charge in [-0.3, -0.25) is 9.36 Å². The number of benzene rings is 2. The van der Waals surface area contributed by atoms with E-state index in [2.05, 4.69) is 35.5 Å². The minimum absolute atomic E-state index is 0.0296. The number of piperidine rings is 1. The Morgan fingerprint density at radius 3 is 2.62 bits per heavy atom. The first-order chi connectivity index (χ1) is 14.2. The highest BCUT2D eigenvalue weighted by Gasteiger charge is 2.37. The van der Waals surface area contributed by atoms with Crippen molar-refractivity contribution in [2.45, 2.75) is 18.4 Å². The Kier molecular flexibility index (Phi) is 4.40. The molecule has 148 valence electrons. The highest BCUT2D eigenvalue weighted by molar-refractivity contribution is 5.67. The van der Waals surface area contributed by atoms with Crippen LogP contribution in [0.2, 0.25) is 0 Å². The van der Waals surface area contributed by atoms with E-state index >= 15 is 0 Å². The number of fused-ring (bicyclic) bond motifs is 3. The summed E-state index contributed by atoms with van der Waals surface area (Å²) in [5.74, 6) is 1.34. The second-order valence-corrected chi connectivity index (χ2v) is 7.87. The predicted molar refractivity (Wildman–Crippen MR) is 116 cm³/mol. The number of ether oxygens (including phenoxy) is 1. The Balaban J connectivity index is 1.49. The Bertz CT molecular complexity index is 1100. The highest BCUT2D eigenvalue weighted by atomic mass is 16.5. The number of hydrogen-bond donors (Lipinski definition) is 1. The Hall–Kier alpha value is -3.05. The van der Waals surface area contributed by atoms with Gasteiger partial charge in [-0.05, 0) is 60.0 Å². The first-order valence-electron chi connectivity index (χ1n) is 10.1. The molecule has 0 amide bonds.